The minimum absolute atomic E-state index is 0.857. The van der Waals surface area contributed by atoms with Gasteiger partial charge in [0.1, 0.15) is 11.5 Å². The predicted molar refractivity (Wildman–Crippen MR) is 78.0 cm³/mol. The lowest BCUT2D eigenvalue weighted by Crippen LogP contribution is -2.31. The van der Waals surface area contributed by atoms with Gasteiger partial charge in [-0.3, -0.25) is 4.90 Å². The van der Waals surface area contributed by atoms with Crippen molar-refractivity contribution in [3.8, 4) is 0 Å². The average Bonchev–Trinajstić information content (AvgIpc) is 2.71. The molecule has 3 nitrogen and oxygen atoms in total. The van der Waals surface area contributed by atoms with E-state index in [-0.39, 0.29) is 0 Å². The van der Waals surface area contributed by atoms with Crippen molar-refractivity contribution in [3.05, 3.63) is 23.2 Å². The monoisotopic (exact) mass is 268 g/mol. The molecule has 0 aliphatic carbocycles. The van der Waals surface area contributed by atoms with E-state index >= 15 is 0 Å². The van der Waals surface area contributed by atoms with E-state index in [9.17, 15) is 0 Å². The van der Waals surface area contributed by atoms with Crippen molar-refractivity contribution in [1.82, 2.24) is 10.2 Å². The Balaban J connectivity index is 1.86. The second-order valence-electron chi connectivity index (χ2n) is 4.88. The van der Waals surface area contributed by atoms with Crippen LogP contribution < -0.4 is 5.32 Å². The molecule has 0 bridgehead atoms. The third-order valence-electron chi connectivity index (χ3n) is 3.27. The van der Waals surface area contributed by atoms with Crippen molar-refractivity contribution in [1.29, 1.82) is 0 Å². The van der Waals surface area contributed by atoms with Crippen molar-refractivity contribution in [3.63, 3.8) is 0 Å². The first-order chi connectivity index (χ1) is 8.79. The largest absolute Gasteiger partial charge is 0.463 e. The first-order valence-corrected chi connectivity index (χ1v) is 8.04. The lowest BCUT2D eigenvalue weighted by Gasteiger charge is -2.24. The summed E-state index contributed by atoms with van der Waals surface area (Å²) in [6.45, 7) is 9.58. The van der Waals surface area contributed by atoms with Gasteiger partial charge in [0.2, 0.25) is 0 Å². The molecular formula is C14H24N2OS. The first kappa shape index (κ1) is 14.0. The molecule has 0 aromatic carbocycles. The van der Waals surface area contributed by atoms with Gasteiger partial charge < -0.3 is 9.73 Å². The molecule has 1 saturated heterocycles. The van der Waals surface area contributed by atoms with Gasteiger partial charge in [0.05, 0.1) is 13.1 Å². The predicted octanol–water partition coefficient (Wildman–Crippen LogP) is 2.64. The molecular weight excluding hydrogens is 244 g/mol. The summed E-state index contributed by atoms with van der Waals surface area (Å²) in [5.41, 5.74) is 1.28. The highest BCUT2D eigenvalue weighted by atomic mass is 32.2. The van der Waals surface area contributed by atoms with Crippen LogP contribution in [0.1, 0.15) is 30.4 Å². The van der Waals surface area contributed by atoms with Gasteiger partial charge in [-0.25, -0.2) is 0 Å². The second-order valence-corrected chi connectivity index (χ2v) is 6.11. The Morgan fingerprint density at radius 3 is 2.89 bits per heavy atom. The maximum Gasteiger partial charge on any atom is 0.120 e. The molecule has 4 heteroatoms. The fourth-order valence-corrected chi connectivity index (χ4v) is 3.18. The number of hydrogen-bond donors (Lipinski definition) is 1. The van der Waals surface area contributed by atoms with Crippen LogP contribution in [0.5, 0.6) is 0 Å². The molecule has 1 N–H and O–H groups in total. The Morgan fingerprint density at radius 1 is 1.39 bits per heavy atom. The zero-order valence-corrected chi connectivity index (χ0v) is 12.3. The fourth-order valence-electron chi connectivity index (χ4n) is 2.20. The highest BCUT2D eigenvalue weighted by Crippen LogP contribution is 2.18. The van der Waals surface area contributed by atoms with Crippen LogP contribution in [0.25, 0.3) is 0 Å². The average molecular weight is 268 g/mol. The van der Waals surface area contributed by atoms with Crippen LogP contribution in [0.3, 0.4) is 0 Å². The van der Waals surface area contributed by atoms with E-state index < -0.39 is 0 Å². The van der Waals surface area contributed by atoms with Crippen LogP contribution in [0, 0.1) is 6.92 Å². The number of nitrogens with one attached hydrogen (secondary N) is 1. The van der Waals surface area contributed by atoms with Gasteiger partial charge >= 0.3 is 0 Å². The van der Waals surface area contributed by atoms with E-state index in [0.717, 1.165) is 37.6 Å². The first-order valence-electron chi connectivity index (χ1n) is 6.88. The van der Waals surface area contributed by atoms with Crippen LogP contribution in [0.4, 0.5) is 0 Å². The number of rotatable bonds is 6. The van der Waals surface area contributed by atoms with Gasteiger partial charge in [-0.2, -0.15) is 11.8 Å². The molecule has 1 aliphatic heterocycles. The number of thioether (sulfide) groups is 1. The van der Waals surface area contributed by atoms with Gasteiger partial charge in [0, 0.05) is 24.6 Å². The van der Waals surface area contributed by atoms with Crippen molar-refractivity contribution in [2.24, 2.45) is 0 Å². The molecule has 0 unspecified atom stereocenters. The van der Waals surface area contributed by atoms with Gasteiger partial charge in [-0.15, -0.1) is 0 Å². The van der Waals surface area contributed by atoms with Crippen LogP contribution in [0.2, 0.25) is 0 Å². The highest BCUT2D eigenvalue weighted by molar-refractivity contribution is 7.99. The van der Waals surface area contributed by atoms with E-state index in [2.05, 4.69) is 30.1 Å². The Hall–Kier alpha value is -0.450. The second kappa shape index (κ2) is 7.22. The Labute approximate surface area is 114 Å². The van der Waals surface area contributed by atoms with Gasteiger partial charge in [-0.1, -0.05) is 6.92 Å². The smallest absolute Gasteiger partial charge is 0.120 e. The van der Waals surface area contributed by atoms with Crippen LogP contribution >= 0.6 is 11.8 Å². The molecule has 0 saturated carbocycles. The maximum atomic E-state index is 5.95. The van der Waals surface area contributed by atoms with Gasteiger partial charge in [0.15, 0.2) is 0 Å². The van der Waals surface area contributed by atoms with Crippen LogP contribution in [-0.4, -0.2) is 36.0 Å². The van der Waals surface area contributed by atoms with Gasteiger partial charge in [0.25, 0.3) is 0 Å². The van der Waals surface area contributed by atoms with Crippen molar-refractivity contribution in [2.75, 3.05) is 31.1 Å². The summed E-state index contributed by atoms with van der Waals surface area (Å²) in [6, 6.07) is 2.20. The summed E-state index contributed by atoms with van der Waals surface area (Å²) in [5, 5.41) is 3.40. The standard InChI is InChI=1S/C14H24N2OS/c1-3-4-15-10-14-12(2)9-13(17-14)11-16-5-7-18-8-6-16/h9,15H,3-8,10-11H2,1-2H3. The molecule has 2 rings (SSSR count). The molecule has 18 heavy (non-hydrogen) atoms. The highest BCUT2D eigenvalue weighted by Gasteiger charge is 2.14. The fraction of sp³-hybridized carbons (Fsp3) is 0.714. The molecule has 1 aromatic heterocycles. The van der Waals surface area contributed by atoms with Crippen molar-refractivity contribution < 1.29 is 4.42 Å². The molecule has 0 atom stereocenters. The topological polar surface area (TPSA) is 28.4 Å². The number of furan rings is 1. The lowest BCUT2D eigenvalue weighted by molar-refractivity contribution is 0.264. The van der Waals surface area contributed by atoms with Crippen LogP contribution in [0.15, 0.2) is 10.5 Å². The maximum absolute atomic E-state index is 5.95. The summed E-state index contributed by atoms with van der Waals surface area (Å²) in [4.78, 5) is 2.48. The third kappa shape index (κ3) is 4.04. The Bertz CT molecular complexity index is 359. The molecule has 102 valence electrons. The van der Waals surface area contributed by atoms with Crippen molar-refractivity contribution in [2.45, 2.75) is 33.4 Å². The van der Waals surface area contributed by atoms with E-state index in [1.165, 1.54) is 30.2 Å². The Morgan fingerprint density at radius 2 is 2.17 bits per heavy atom. The Kier molecular flexibility index (Phi) is 5.60. The summed E-state index contributed by atoms with van der Waals surface area (Å²) in [6.07, 6.45) is 1.16. The molecule has 1 fully saturated rings. The van der Waals surface area contributed by atoms with Crippen LogP contribution in [-0.2, 0) is 13.1 Å². The summed E-state index contributed by atoms with van der Waals surface area (Å²) >= 11 is 2.05. The molecule has 0 amide bonds. The minimum atomic E-state index is 0.857. The van der Waals surface area contributed by atoms with Crippen molar-refractivity contribution >= 4 is 11.8 Å². The van der Waals surface area contributed by atoms with E-state index in [4.69, 9.17) is 4.42 Å². The quantitative estimate of drug-likeness (QED) is 0.803. The van der Waals surface area contributed by atoms with E-state index in [1.54, 1.807) is 0 Å². The SMILES string of the molecule is CCCNCc1oc(CN2CCSCC2)cc1C. The molecule has 0 radical (unpaired) electrons. The molecule has 0 spiro atoms. The number of hydrogen-bond acceptors (Lipinski definition) is 4. The summed E-state index contributed by atoms with van der Waals surface area (Å²) < 4.78 is 5.95. The number of nitrogens with zero attached hydrogens (tertiary/aromatic N) is 1. The molecule has 2 heterocycles. The normalized spacial score (nSPS) is 17.2. The summed E-state index contributed by atoms with van der Waals surface area (Å²) in [5.74, 6) is 4.73. The lowest BCUT2D eigenvalue weighted by atomic mass is 10.2. The third-order valence-corrected chi connectivity index (χ3v) is 4.21. The molecule has 1 aromatic rings. The zero-order valence-electron chi connectivity index (χ0n) is 11.5. The molecule has 1 aliphatic rings. The zero-order chi connectivity index (χ0) is 12.8. The minimum Gasteiger partial charge on any atom is -0.463 e. The van der Waals surface area contributed by atoms with Gasteiger partial charge in [-0.05, 0) is 31.5 Å². The summed E-state index contributed by atoms with van der Waals surface area (Å²) in [7, 11) is 0. The van der Waals surface area contributed by atoms with E-state index in [1.807, 2.05) is 11.8 Å². The number of aryl methyl sites for hydroxylation is 1. The van der Waals surface area contributed by atoms with E-state index in [0.29, 0.717) is 0 Å².